The van der Waals surface area contributed by atoms with Gasteiger partial charge in [-0.15, -0.1) is 0 Å². The van der Waals surface area contributed by atoms with Crippen LogP contribution in [0.3, 0.4) is 0 Å². The number of amides is 1. The normalized spacial score (nSPS) is 12.2. The molecule has 15 heavy (non-hydrogen) atoms. The van der Waals surface area contributed by atoms with Gasteiger partial charge in [0.25, 0.3) is 5.91 Å². The largest absolute Gasteiger partial charge is 0.394 e. The lowest BCUT2D eigenvalue weighted by Crippen LogP contribution is -2.34. The van der Waals surface area contributed by atoms with Crippen LogP contribution in [-0.4, -0.2) is 40.4 Å². The third kappa shape index (κ3) is 3.47. The fraction of sp³-hybridized carbons (Fsp3) is 0.333. The van der Waals surface area contributed by atoms with Crippen LogP contribution in [0.2, 0.25) is 5.02 Å². The van der Waals surface area contributed by atoms with Gasteiger partial charge in [-0.25, -0.2) is 0 Å². The molecule has 0 bridgehead atoms. The zero-order valence-corrected chi connectivity index (χ0v) is 8.61. The lowest BCUT2D eigenvalue weighted by molar-refractivity contribution is 0.0802. The second-order valence-electron chi connectivity index (χ2n) is 2.90. The van der Waals surface area contributed by atoms with Gasteiger partial charge in [0.05, 0.1) is 23.3 Å². The fourth-order valence-electron chi connectivity index (χ4n) is 0.930. The van der Waals surface area contributed by atoms with Crippen LogP contribution in [0, 0.1) is 0 Å². The number of halogens is 1. The van der Waals surface area contributed by atoms with Crippen molar-refractivity contribution in [1.29, 1.82) is 0 Å². The third-order valence-electron chi connectivity index (χ3n) is 1.73. The number of hydrogen-bond acceptors (Lipinski definition) is 4. The van der Waals surface area contributed by atoms with Crippen LogP contribution < -0.4 is 5.32 Å². The van der Waals surface area contributed by atoms with Crippen LogP contribution in [0.1, 0.15) is 10.4 Å². The molecule has 1 amide bonds. The number of carbonyl (C=O) groups excluding carboxylic acids is 1. The maximum Gasteiger partial charge on any atom is 0.253 e. The Morgan fingerprint density at radius 1 is 1.67 bits per heavy atom. The van der Waals surface area contributed by atoms with Crippen molar-refractivity contribution in [3.05, 3.63) is 29.0 Å². The van der Waals surface area contributed by atoms with Gasteiger partial charge in [-0.2, -0.15) is 0 Å². The molecule has 5 nitrogen and oxygen atoms in total. The highest BCUT2D eigenvalue weighted by atomic mass is 35.5. The quantitative estimate of drug-likeness (QED) is 0.670. The van der Waals surface area contributed by atoms with Gasteiger partial charge in [0.15, 0.2) is 0 Å². The summed E-state index contributed by atoms with van der Waals surface area (Å²) < 4.78 is 0. The maximum absolute atomic E-state index is 11.5. The van der Waals surface area contributed by atoms with Crippen molar-refractivity contribution in [3.8, 4) is 0 Å². The summed E-state index contributed by atoms with van der Waals surface area (Å²) in [5, 5.41) is 20.2. The molecule has 1 aromatic heterocycles. The van der Waals surface area contributed by atoms with Gasteiger partial charge in [0.1, 0.15) is 0 Å². The van der Waals surface area contributed by atoms with Crippen LogP contribution in [0.5, 0.6) is 0 Å². The molecule has 1 aromatic rings. The Balaban J connectivity index is 2.58. The lowest BCUT2D eigenvalue weighted by atomic mass is 10.2. The minimum Gasteiger partial charge on any atom is -0.394 e. The molecule has 3 N–H and O–H groups in total. The molecule has 0 saturated carbocycles. The molecule has 82 valence electrons. The molecule has 0 aromatic carbocycles. The Labute approximate surface area is 91.7 Å². The van der Waals surface area contributed by atoms with Crippen molar-refractivity contribution in [1.82, 2.24) is 10.3 Å². The number of pyridine rings is 1. The summed E-state index contributed by atoms with van der Waals surface area (Å²) in [6.07, 6.45) is 1.84. The number of hydrogen-bond donors (Lipinski definition) is 3. The molecule has 0 spiro atoms. The average Bonchev–Trinajstić information content (AvgIpc) is 2.26. The van der Waals surface area contributed by atoms with Gasteiger partial charge < -0.3 is 15.5 Å². The SMILES string of the molecule is O=C(NCC(O)CO)c1ccncc1Cl. The van der Waals surface area contributed by atoms with Gasteiger partial charge in [-0.05, 0) is 6.07 Å². The summed E-state index contributed by atoms with van der Waals surface area (Å²) in [6.45, 7) is -0.418. The summed E-state index contributed by atoms with van der Waals surface area (Å²) in [5.74, 6) is -0.407. The topological polar surface area (TPSA) is 82.5 Å². The minimum atomic E-state index is -0.963. The summed E-state index contributed by atoms with van der Waals surface area (Å²) >= 11 is 5.73. The van der Waals surface area contributed by atoms with Crippen LogP contribution in [-0.2, 0) is 0 Å². The Morgan fingerprint density at radius 3 is 3.00 bits per heavy atom. The third-order valence-corrected chi connectivity index (χ3v) is 2.03. The molecule has 0 aliphatic carbocycles. The number of nitrogens with zero attached hydrogens (tertiary/aromatic N) is 1. The Hall–Kier alpha value is -1.17. The number of aromatic nitrogens is 1. The number of aliphatic hydroxyl groups is 2. The molecule has 1 heterocycles. The smallest absolute Gasteiger partial charge is 0.253 e. The number of rotatable bonds is 4. The molecule has 6 heteroatoms. The van der Waals surface area contributed by atoms with Crippen LogP contribution >= 0.6 is 11.6 Å². The van der Waals surface area contributed by atoms with E-state index in [1.165, 1.54) is 18.5 Å². The van der Waals surface area contributed by atoms with E-state index in [2.05, 4.69) is 10.3 Å². The Morgan fingerprint density at radius 2 is 2.40 bits per heavy atom. The van der Waals surface area contributed by atoms with E-state index in [4.69, 9.17) is 21.8 Å². The lowest BCUT2D eigenvalue weighted by Gasteiger charge is -2.09. The predicted octanol–water partition coefficient (Wildman–Crippen LogP) is -0.182. The summed E-state index contributed by atoms with van der Waals surface area (Å²) in [5.41, 5.74) is 0.289. The Bertz CT molecular complexity index is 346. The first-order valence-electron chi connectivity index (χ1n) is 4.31. The van der Waals surface area contributed by atoms with Crippen molar-refractivity contribution in [2.75, 3.05) is 13.2 Å². The second kappa shape index (κ2) is 5.65. The van der Waals surface area contributed by atoms with Gasteiger partial charge in [-0.1, -0.05) is 11.6 Å². The van der Waals surface area contributed by atoms with E-state index in [9.17, 15) is 4.79 Å². The van der Waals surface area contributed by atoms with E-state index >= 15 is 0 Å². The molecule has 0 fully saturated rings. The first kappa shape index (κ1) is 11.9. The minimum absolute atomic E-state index is 0.0199. The number of aliphatic hydroxyl groups excluding tert-OH is 2. The predicted molar refractivity (Wildman–Crippen MR) is 54.7 cm³/mol. The molecule has 0 radical (unpaired) electrons. The van der Waals surface area contributed by atoms with Crippen molar-refractivity contribution < 1.29 is 15.0 Å². The zero-order valence-electron chi connectivity index (χ0n) is 7.85. The first-order valence-corrected chi connectivity index (χ1v) is 4.69. The standard InChI is InChI=1S/C9H11ClN2O3/c10-8-4-11-2-1-7(8)9(15)12-3-6(14)5-13/h1-2,4,6,13-14H,3,5H2,(H,12,15). The maximum atomic E-state index is 11.5. The summed E-state index contributed by atoms with van der Waals surface area (Å²) in [7, 11) is 0. The molecule has 0 saturated heterocycles. The van der Waals surface area contributed by atoms with Crippen LogP contribution in [0.4, 0.5) is 0 Å². The zero-order chi connectivity index (χ0) is 11.3. The second-order valence-corrected chi connectivity index (χ2v) is 3.31. The van der Waals surface area contributed by atoms with E-state index in [-0.39, 0.29) is 17.1 Å². The Kier molecular flexibility index (Phi) is 4.48. The van der Waals surface area contributed by atoms with E-state index in [1.54, 1.807) is 0 Å². The average molecular weight is 231 g/mol. The molecule has 0 aliphatic rings. The summed E-state index contributed by atoms with van der Waals surface area (Å²) in [6, 6.07) is 1.48. The van der Waals surface area contributed by atoms with Crippen LogP contribution in [0.25, 0.3) is 0 Å². The van der Waals surface area contributed by atoms with Gasteiger partial charge in [0.2, 0.25) is 0 Å². The van der Waals surface area contributed by atoms with E-state index in [0.29, 0.717) is 0 Å². The van der Waals surface area contributed by atoms with Crippen molar-refractivity contribution in [3.63, 3.8) is 0 Å². The molecular weight excluding hydrogens is 220 g/mol. The molecule has 1 rings (SSSR count). The fourth-order valence-corrected chi connectivity index (χ4v) is 1.13. The van der Waals surface area contributed by atoms with Crippen molar-refractivity contribution in [2.24, 2.45) is 0 Å². The summed E-state index contributed by atoms with van der Waals surface area (Å²) in [4.78, 5) is 15.2. The monoisotopic (exact) mass is 230 g/mol. The number of carbonyl (C=O) groups is 1. The highest BCUT2D eigenvalue weighted by molar-refractivity contribution is 6.33. The number of nitrogens with one attached hydrogen (secondary N) is 1. The van der Waals surface area contributed by atoms with Gasteiger partial charge in [0, 0.05) is 18.9 Å². The molecule has 0 aliphatic heterocycles. The van der Waals surface area contributed by atoms with E-state index in [0.717, 1.165) is 0 Å². The van der Waals surface area contributed by atoms with E-state index < -0.39 is 18.6 Å². The van der Waals surface area contributed by atoms with Gasteiger partial charge in [-0.3, -0.25) is 9.78 Å². The van der Waals surface area contributed by atoms with E-state index in [1.807, 2.05) is 0 Å². The van der Waals surface area contributed by atoms with Gasteiger partial charge >= 0.3 is 0 Å². The molecule has 1 atom stereocenters. The highest BCUT2D eigenvalue weighted by Crippen LogP contribution is 2.12. The van der Waals surface area contributed by atoms with Crippen LogP contribution in [0.15, 0.2) is 18.5 Å². The first-order chi connectivity index (χ1) is 7.15. The highest BCUT2D eigenvalue weighted by Gasteiger charge is 2.11. The molecule has 1 unspecified atom stereocenters. The van der Waals surface area contributed by atoms with Crippen molar-refractivity contribution in [2.45, 2.75) is 6.10 Å². The van der Waals surface area contributed by atoms with Crippen molar-refractivity contribution >= 4 is 17.5 Å². The molecular formula is C9H11ClN2O3.